The molecule has 0 saturated carbocycles. The molecule has 0 aromatic carbocycles. The molecule has 0 rings (SSSR count). The van der Waals surface area contributed by atoms with Crippen LogP contribution in [-0.2, 0) is 9.53 Å². The van der Waals surface area contributed by atoms with Crippen molar-refractivity contribution in [1.29, 1.82) is 0 Å². The summed E-state index contributed by atoms with van der Waals surface area (Å²) in [5.41, 5.74) is 0. The maximum Gasteiger partial charge on any atom is 0.246 e. The summed E-state index contributed by atoms with van der Waals surface area (Å²) in [6.45, 7) is -0.354. The normalized spacial score (nSPS) is 10.4. The van der Waals surface area contributed by atoms with Crippen molar-refractivity contribution in [3.05, 3.63) is 12.1 Å². The Balaban J connectivity index is 3.21. The van der Waals surface area contributed by atoms with Crippen LogP contribution in [0.1, 0.15) is 0 Å². The van der Waals surface area contributed by atoms with E-state index < -0.39 is 6.67 Å². The molecule has 0 aromatic heterocycles. The third-order valence-corrected chi connectivity index (χ3v) is 1.01. The molecular formula is C7H11BFNO2. The SMILES string of the molecule is [B]/C=C/CNC(=O)COCCF. The van der Waals surface area contributed by atoms with E-state index in [9.17, 15) is 9.18 Å². The van der Waals surface area contributed by atoms with Crippen LogP contribution in [0.5, 0.6) is 0 Å². The smallest absolute Gasteiger partial charge is 0.246 e. The van der Waals surface area contributed by atoms with Gasteiger partial charge in [0.2, 0.25) is 5.91 Å². The standard InChI is InChI=1S/C7H11BFNO2/c8-2-1-4-10-7(11)6-12-5-3-9/h1-2H,3-6H2,(H,10,11)/b2-1+. The Hall–Kier alpha value is -0.835. The highest BCUT2D eigenvalue weighted by molar-refractivity contribution is 6.16. The van der Waals surface area contributed by atoms with Crippen molar-refractivity contribution < 1.29 is 13.9 Å². The monoisotopic (exact) mass is 171 g/mol. The lowest BCUT2D eigenvalue weighted by Gasteiger charge is -2.01. The first-order chi connectivity index (χ1) is 5.81. The minimum absolute atomic E-state index is 0.0415. The molecule has 0 bridgehead atoms. The van der Waals surface area contributed by atoms with E-state index in [1.165, 1.54) is 5.98 Å². The maximum absolute atomic E-state index is 11.5. The third-order valence-electron chi connectivity index (χ3n) is 1.01. The van der Waals surface area contributed by atoms with Crippen molar-refractivity contribution in [2.45, 2.75) is 0 Å². The molecule has 1 amide bonds. The Labute approximate surface area is 72.4 Å². The molecule has 0 atom stereocenters. The van der Waals surface area contributed by atoms with Crippen LogP contribution in [0.3, 0.4) is 0 Å². The van der Waals surface area contributed by atoms with Crippen LogP contribution >= 0.6 is 0 Å². The quantitative estimate of drug-likeness (QED) is 0.442. The maximum atomic E-state index is 11.5. The number of alkyl halides is 1. The Bertz CT molecular complexity index is 152. The molecule has 0 fully saturated rings. The predicted molar refractivity (Wildman–Crippen MR) is 44.7 cm³/mol. The van der Waals surface area contributed by atoms with Crippen molar-refractivity contribution in [3.8, 4) is 0 Å². The molecule has 0 aromatic rings. The van der Waals surface area contributed by atoms with E-state index in [1.54, 1.807) is 6.08 Å². The largest absolute Gasteiger partial charge is 0.369 e. The number of carbonyl (C=O) groups is 1. The van der Waals surface area contributed by atoms with Crippen molar-refractivity contribution in [1.82, 2.24) is 5.32 Å². The van der Waals surface area contributed by atoms with Crippen LogP contribution in [0.25, 0.3) is 0 Å². The van der Waals surface area contributed by atoms with Gasteiger partial charge in [-0.3, -0.25) is 4.79 Å². The fraction of sp³-hybridized carbons (Fsp3) is 0.571. The minimum atomic E-state index is -0.573. The number of rotatable bonds is 6. The van der Waals surface area contributed by atoms with E-state index in [4.69, 9.17) is 7.85 Å². The molecule has 2 radical (unpaired) electrons. The number of hydrogen-bond acceptors (Lipinski definition) is 2. The number of carbonyl (C=O) groups excluding carboxylic acids is 1. The first-order valence-corrected chi connectivity index (χ1v) is 3.58. The average Bonchev–Trinajstić information content (AvgIpc) is 2.06. The highest BCUT2D eigenvalue weighted by atomic mass is 19.1. The lowest BCUT2D eigenvalue weighted by molar-refractivity contribution is -0.125. The lowest BCUT2D eigenvalue weighted by atomic mass is 10.1. The van der Waals surface area contributed by atoms with Gasteiger partial charge >= 0.3 is 0 Å². The molecular weight excluding hydrogens is 160 g/mol. The van der Waals surface area contributed by atoms with Crippen molar-refractivity contribution in [2.75, 3.05) is 26.4 Å². The predicted octanol–water partition coefficient (Wildman–Crippen LogP) is -0.229. The molecule has 1 N–H and O–H groups in total. The Kier molecular flexibility index (Phi) is 7.69. The fourth-order valence-electron chi connectivity index (χ4n) is 0.511. The first-order valence-electron chi connectivity index (χ1n) is 3.58. The number of hydrogen-bond donors (Lipinski definition) is 1. The van der Waals surface area contributed by atoms with Crippen LogP contribution in [0.2, 0.25) is 0 Å². The van der Waals surface area contributed by atoms with Gasteiger partial charge in [-0.1, -0.05) is 6.08 Å². The number of amides is 1. The summed E-state index contributed by atoms with van der Waals surface area (Å²) in [5.74, 6) is 1.06. The van der Waals surface area contributed by atoms with Gasteiger partial charge in [0.1, 0.15) is 21.1 Å². The Morgan fingerprint density at radius 3 is 3.00 bits per heavy atom. The molecule has 0 unspecified atom stereocenters. The van der Waals surface area contributed by atoms with E-state index in [1.807, 2.05) is 0 Å². The van der Waals surface area contributed by atoms with Crippen LogP contribution in [0.15, 0.2) is 12.1 Å². The highest BCUT2D eigenvalue weighted by Gasteiger charge is 1.97. The molecule has 0 spiro atoms. The van der Waals surface area contributed by atoms with E-state index in [0.29, 0.717) is 6.54 Å². The van der Waals surface area contributed by atoms with Gasteiger partial charge in [-0.05, 0) is 0 Å². The summed E-state index contributed by atoms with van der Waals surface area (Å²) < 4.78 is 16.1. The summed E-state index contributed by atoms with van der Waals surface area (Å²) in [4.78, 5) is 10.8. The molecule has 0 saturated heterocycles. The van der Waals surface area contributed by atoms with Gasteiger partial charge in [0, 0.05) is 6.54 Å². The molecule has 0 heterocycles. The molecule has 12 heavy (non-hydrogen) atoms. The van der Waals surface area contributed by atoms with Gasteiger partial charge in [0.25, 0.3) is 0 Å². The fourth-order valence-corrected chi connectivity index (χ4v) is 0.511. The average molecular weight is 171 g/mol. The summed E-state index contributed by atoms with van der Waals surface area (Å²) in [6.07, 6.45) is 1.59. The molecule has 0 aliphatic carbocycles. The third kappa shape index (κ3) is 7.27. The van der Waals surface area contributed by atoms with Gasteiger partial charge < -0.3 is 10.1 Å². The van der Waals surface area contributed by atoms with Gasteiger partial charge in [0.05, 0.1) is 6.61 Å². The van der Waals surface area contributed by atoms with Crippen LogP contribution in [-0.4, -0.2) is 40.2 Å². The van der Waals surface area contributed by atoms with Crippen molar-refractivity contribution >= 4 is 13.8 Å². The zero-order valence-corrected chi connectivity index (χ0v) is 6.75. The first kappa shape index (κ1) is 11.2. The summed E-state index contributed by atoms with van der Waals surface area (Å²) in [7, 11) is 5.02. The summed E-state index contributed by atoms with van der Waals surface area (Å²) in [6, 6.07) is 0. The minimum Gasteiger partial charge on any atom is -0.369 e. The van der Waals surface area contributed by atoms with Gasteiger partial charge in [-0.15, -0.1) is 5.98 Å². The molecule has 3 nitrogen and oxygen atoms in total. The van der Waals surface area contributed by atoms with Crippen LogP contribution < -0.4 is 5.32 Å². The van der Waals surface area contributed by atoms with Crippen molar-refractivity contribution in [3.63, 3.8) is 0 Å². The number of halogens is 1. The topological polar surface area (TPSA) is 38.3 Å². The second kappa shape index (κ2) is 8.26. The highest BCUT2D eigenvalue weighted by Crippen LogP contribution is 1.76. The lowest BCUT2D eigenvalue weighted by Crippen LogP contribution is -2.27. The Morgan fingerprint density at radius 1 is 1.67 bits per heavy atom. The zero-order valence-electron chi connectivity index (χ0n) is 6.75. The van der Waals surface area contributed by atoms with Crippen LogP contribution in [0.4, 0.5) is 4.39 Å². The summed E-state index contributed by atoms with van der Waals surface area (Å²) >= 11 is 0. The molecule has 5 heteroatoms. The number of nitrogens with one attached hydrogen (secondary N) is 1. The van der Waals surface area contributed by atoms with E-state index in [2.05, 4.69) is 10.1 Å². The Morgan fingerprint density at radius 2 is 2.42 bits per heavy atom. The van der Waals surface area contributed by atoms with E-state index >= 15 is 0 Å². The van der Waals surface area contributed by atoms with Gasteiger partial charge in [-0.2, -0.15) is 0 Å². The summed E-state index contributed by atoms with van der Waals surface area (Å²) in [5, 5.41) is 2.49. The second-order valence-electron chi connectivity index (χ2n) is 1.97. The van der Waals surface area contributed by atoms with E-state index in [0.717, 1.165) is 0 Å². The number of ether oxygens (including phenoxy) is 1. The zero-order chi connectivity index (χ0) is 9.23. The van der Waals surface area contributed by atoms with Gasteiger partial charge in [-0.25, -0.2) is 4.39 Å². The molecule has 0 aliphatic heterocycles. The van der Waals surface area contributed by atoms with Crippen LogP contribution in [0, 0.1) is 0 Å². The molecule has 66 valence electrons. The van der Waals surface area contributed by atoms with Crippen molar-refractivity contribution in [2.24, 2.45) is 0 Å². The second-order valence-corrected chi connectivity index (χ2v) is 1.97. The molecule has 0 aliphatic rings. The van der Waals surface area contributed by atoms with Gasteiger partial charge in [0.15, 0.2) is 0 Å². The van der Waals surface area contributed by atoms with E-state index in [-0.39, 0.29) is 19.1 Å².